The summed E-state index contributed by atoms with van der Waals surface area (Å²) in [4.78, 5) is 23.7. The number of benzene rings is 1. The summed E-state index contributed by atoms with van der Waals surface area (Å²) >= 11 is 0. The van der Waals surface area contributed by atoms with E-state index >= 15 is 0 Å². The quantitative estimate of drug-likeness (QED) is 0.725. The fourth-order valence-corrected chi connectivity index (χ4v) is 4.02. The Morgan fingerprint density at radius 1 is 1.25 bits per heavy atom. The van der Waals surface area contributed by atoms with Crippen LogP contribution in [-0.4, -0.2) is 34.2 Å². The number of anilines is 2. The lowest BCUT2D eigenvalue weighted by Crippen LogP contribution is -2.33. The molecule has 1 amide bonds. The third-order valence-corrected chi connectivity index (χ3v) is 5.41. The van der Waals surface area contributed by atoms with E-state index < -0.39 is 0 Å². The minimum absolute atomic E-state index is 0.0637. The molecule has 0 saturated heterocycles. The lowest BCUT2D eigenvalue weighted by molar-refractivity contribution is 0.0977. The highest BCUT2D eigenvalue weighted by molar-refractivity contribution is 6.01. The van der Waals surface area contributed by atoms with Crippen LogP contribution in [0.4, 0.5) is 16.3 Å². The van der Waals surface area contributed by atoms with E-state index in [0.717, 1.165) is 54.0 Å². The number of hydrogen-bond acceptors (Lipinski definition) is 5. The van der Waals surface area contributed by atoms with Gasteiger partial charge in [-0.15, -0.1) is 0 Å². The lowest BCUT2D eigenvalue weighted by atomic mass is 10.0. The number of Topliss-reactive ketones (excluding diaryl/α,β-unsaturated/α-hetero) is 1. The van der Waals surface area contributed by atoms with Crippen molar-refractivity contribution >= 4 is 23.4 Å². The predicted molar refractivity (Wildman–Crippen MR) is 106 cm³/mol. The van der Waals surface area contributed by atoms with Crippen LogP contribution in [-0.2, 0) is 11.2 Å². The number of aryl methyl sites for hydroxylation is 1. The molecule has 1 fully saturated rings. The maximum absolute atomic E-state index is 11.9. The van der Waals surface area contributed by atoms with Crippen molar-refractivity contribution in [1.29, 1.82) is 0 Å². The molecule has 4 rings (SSSR count). The highest BCUT2D eigenvalue weighted by Gasteiger charge is 2.30. The Labute approximate surface area is 164 Å². The van der Waals surface area contributed by atoms with Gasteiger partial charge in [0.2, 0.25) is 0 Å². The minimum Gasteiger partial charge on any atom is -0.446 e. The Morgan fingerprint density at radius 3 is 2.93 bits per heavy atom. The van der Waals surface area contributed by atoms with Gasteiger partial charge in [-0.2, -0.15) is 5.10 Å². The van der Waals surface area contributed by atoms with Crippen LogP contribution in [0.5, 0.6) is 0 Å². The van der Waals surface area contributed by atoms with Gasteiger partial charge in [0.15, 0.2) is 11.6 Å². The molecular weight excluding hydrogens is 356 g/mol. The first kappa shape index (κ1) is 18.5. The van der Waals surface area contributed by atoms with Crippen LogP contribution in [0.3, 0.4) is 0 Å². The molecule has 1 aromatic heterocycles. The number of ether oxygens (including phenoxy) is 1. The largest absolute Gasteiger partial charge is 0.446 e. The zero-order valence-corrected chi connectivity index (χ0v) is 16.2. The third-order valence-electron chi connectivity index (χ3n) is 5.41. The van der Waals surface area contributed by atoms with E-state index in [1.54, 1.807) is 0 Å². The first-order chi connectivity index (χ1) is 13.5. The topological polar surface area (TPSA) is 96.1 Å². The first-order valence-electron chi connectivity index (χ1n) is 9.93. The van der Waals surface area contributed by atoms with Gasteiger partial charge in [0.1, 0.15) is 6.10 Å². The van der Waals surface area contributed by atoms with Gasteiger partial charge in [0.25, 0.3) is 0 Å². The van der Waals surface area contributed by atoms with Gasteiger partial charge in [-0.25, -0.2) is 4.79 Å². The molecular formula is C21H26N4O3. The number of aromatic nitrogens is 2. The number of nitrogens with one attached hydrogen (secondary N) is 3. The van der Waals surface area contributed by atoms with E-state index in [-0.39, 0.29) is 24.0 Å². The molecule has 0 bridgehead atoms. The smallest absolute Gasteiger partial charge is 0.407 e. The van der Waals surface area contributed by atoms with Crippen molar-refractivity contribution in [2.75, 3.05) is 5.32 Å². The SMILES string of the molecule is CC(C)NC(=O)O[C@@H]1CC[C@H](c2cc(Nc3ccc4c(c3)C(=O)CC4)n[nH]2)C1. The zero-order chi connectivity index (χ0) is 19.7. The van der Waals surface area contributed by atoms with Crippen LogP contribution in [0.15, 0.2) is 24.3 Å². The molecule has 1 aromatic carbocycles. The van der Waals surface area contributed by atoms with Gasteiger partial charge in [0, 0.05) is 41.4 Å². The number of fused-ring (bicyclic) bond motifs is 1. The highest BCUT2D eigenvalue weighted by Crippen LogP contribution is 2.36. The van der Waals surface area contributed by atoms with Gasteiger partial charge < -0.3 is 15.4 Å². The maximum Gasteiger partial charge on any atom is 0.407 e. The maximum atomic E-state index is 11.9. The van der Waals surface area contributed by atoms with Gasteiger partial charge >= 0.3 is 6.09 Å². The zero-order valence-electron chi connectivity index (χ0n) is 16.2. The number of ketones is 1. The second-order valence-corrected chi connectivity index (χ2v) is 7.96. The number of H-pyrrole nitrogens is 1. The molecule has 2 atom stereocenters. The van der Waals surface area contributed by atoms with Crippen LogP contribution in [0, 0.1) is 0 Å². The third kappa shape index (κ3) is 4.03. The van der Waals surface area contributed by atoms with E-state index in [1.165, 1.54) is 0 Å². The molecule has 2 aromatic rings. The number of hydrogen-bond donors (Lipinski definition) is 3. The Balaban J connectivity index is 1.36. The number of aromatic amines is 1. The van der Waals surface area contributed by atoms with E-state index in [0.29, 0.717) is 12.3 Å². The summed E-state index contributed by atoms with van der Waals surface area (Å²) in [6, 6.07) is 7.97. The Bertz CT molecular complexity index is 890. The van der Waals surface area contributed by atoms with Gasteiger partial charge in [-0.3, -0.25) is 9.89 Å². The van der Waals surface area contributed by atoms with E-state index in [9.17, 15) is 9.59 Å². The molecule has 3 N–H and O–H groups in total. The molecule has 0 radical (unpaired) electrons. The molecule has 0 spiro atoms. The number of alkyl carbamates (subject to hydrolysis) is 1. The summed E-state index contributed by atoms with van der Waals surface area (Å²) in [5.41, 5.74) is 3.84. The average molecular weight is 382 g/mol. The number of carbonyl (C=O) groups is 2. The van der Waals surface area contributed by atoms with Crippen molar-refractivity contribution in [2.45, 2.75) is 64.0 Å². The summed E-state index contributed by atoms with van der Waals surface area (Å²) in [7, 11) is 0. The number of nitrogens with zero attached hydrogens (tertiary/aromatic N) is 1. The summed E-state index contributed by atoms with van der Waals surface area (Å²) in [5.74, 6) is 1.23. The van der Waals surface area contributed by atoms with Crippen molar-refractivity contribution in [3.05, 3.63) is 41.1 Å². The standard InChI is InChI=1S/C21H26N4O3/c1-12(2)22-21(27)28-16-7-4-14(9-16)18-11-20(25-24-18)23-15-6-3-13-5-8-19(26)17(13)10-15/h3,6,10-12,14,16H,4-5,7-9H2,1-2H3,(H,22,27)(H2,23,24,25)/t14-,16+/m0/s1. The van der Waals surface area contributed by atoms with Crippen LogP contribution < -0.4 is 10.6 Å². The van der Waals surface area contributed by atoms with Crippen LogP contribution in [0.25, 0.3) is 0 Å². The van der Waals surface area contributed by atoms with Gasteiger partial charge in [-0.05, 0) is 57.2 Å². The monoisotopic (exact) mass is 382 g/mol. The molecule has 1 saturated carbocycles. The molecule has 7 heteroatoms. The van der Waals surface area contributed by atoms with Crippen LogP contribution in [0.1, 0.15) is 67.1 Å². The Hall–Kier alpha value is -2.83. The van der Waals surface area contributed by atoms with Crippen molar-refractivity contribution in [3.63, 3.8) is 0 Å². The molecule has 0 aliphatic heterocycles. The highest BCUT2D eigenvalue weighted by atomic mass is 16.6. The lowest BCUT2D eigenvalue weighted by Gasteiger charge is -2.14. The summed E-state index contributed by atoms with van der Waals surface area (Å²) in [6.07, 6.45) is 3.62. The van der Waals surface area contributed by atoms with Crippen LogP contribution >= 0.6 is 0 Å². The second kappa shape index (κ2) is 7.66. The number of amides is 1. The molecule has 28 heavy (non-hydrogen) atoms. The molecule has 7 nitrogen and oxygen atoms in total. The van der Waals surface area contributed by atoms with Gasteiger partial charge in [-0.1, -0.05) is 6.07 Å². The predicted octanol–water partition coefficient (Wildman–Crippen LogP) is 4.05. The summed E-state index contributed by atoms with van der Waals surface area (Å²) in [5, 5.41) is 13.5. The van der Waals surface area contributed by atoms with Gasteiger partial charge in [0.05, 0.1) is 0 Å². The minimum atomic E-state index is -0.348. The fraction of sp³-hybridized carbons (Fsp3) is 0.476. The van der Waals surface area contributed by atoms with E-state index in [2.05, 4.69) is 20.8 Å². The summed E-state index contributed by atoms with van der Waals surface area (Å²) < 4.78 is 5.50. The Kier molecular flexibility index (Phi) is 5.07. The van der Waals surface area contributed by atoms with E-state index in [4.69, 9.17) is 4.74 Å². The summed E-state index contributed by atoms with van der Waals surface area (Å²) in [6.45, 7) is 3.82. The van der Waals surface area contributed by atoms with Crippen LogP contribution in [0.2, 0.25) is 0 Å². The average Bonchev–Trinajstić information content (AvgIpc) is 3.36. The molecule has 2 aliphatic rings. The molecule has 1 heterocycles. The molecule has 148 valence electrons. The second-order valence-electron chi connectivity index (χ2n) is 7.96. The number of carbonyl (C=O) groups excluding carboxylic acids is 2. The molecule has 2 aliphatic carbocycles. The van der Waals surface area contributed by atoms with Crippen molar-refractivity contribution < 1.29 is 14.3 Å². The van der Waals surface area contributed by atoms with E-state index in [1.807, 2.05) is 38.1 Å². The molecule has 0 unspecified atom stereocenters. The van der Waals surface area contributed by atoms with Crippen molar-refractivity contribution in [3.8, 4) is 0 Å². The van der Waals surface area contributed by atoms with Crippen molar-refractivity contribution in [2.24, 2.45) is 0 Å². The number of rotatable bonds is 5. The normalized spacial score (nSPS) is 21.0. The van der Waals surface area contributed by atoms with Crippen molar-refractivity contribution in [1.82, 2.24) is 15.5 Å². The Morgan fingerprint density at radius 2 is 2.11 bits per heavy atom. The fourth-order valence-electron chi connectivity index (χ4n) is 4.02. The first-order valence-corrected chi connectivity index (χ1v) is 9.93.